The molecule has 0 saturated heterocycles. The lowest BCUT2D eigenvalue weighted by Crippen LogP contribution is -2.39. The van der Waals surface area contributed by atoms with E-state index in [1.54, 1.807) is 23.8 Å². The summed E-state index contributed by atoms with van der Waals surface area (Å²) in [5, 5.41) is 3.59. The number of carbonyl (C=O) groups is 1. The monoisotopic (exact) mass is 515 g/mol. The van der Waals surface area contributed by atoms with Gasteiger partial charge >= 0.3 is 5.69 Å². The number of carbonyl (C=O) groups excluding carboxylic acids is 1. The zero-order valence-electron chi connectivity index (χ0n) is 20.4. The minimum Gasteiger partial charge on any atom is -0.443 e. The van der Waals surface area contributed by atoms with Crippen molar-refractivity contribution in [2.24, 2.45) is 5.92 Å². The number of fused-ring (bicyclic) bond motifs is 2. The fourth-order valence-electron chi connectivity index (χ4n) is 5.37. The van der Waals surface area contributed by atoms with E-state index >= 15 is 0 Å². The molecule has 0 radical (unpaired) electrons. The Kier molecular flexibility index (Phi) is 6.04. The highest BCUT2D eigenvalue weighted by Crippen LogP contribution is 2.28. The Balaban J connectivity index is 1.20. The number of imidazole rings is 1. The quantitative estimate of drug-likeness (QED) is 0.343. The maximum absolute atomic E-state index is 13.7. The summed E-state index contributed by atoms with van der Waals surface area (Å²) in [6.45, 7) is 2.44. The second-order valence-corrected chi connectivity index (χ2v) is 10.1. The van der Waals surface area contributed by atoms with E-state index in [0.29, 0.717) is 34.3 Å². The van der Waals surface area contributed by atoms with Crippen molar-refractivity contribution >= 4 is 39.6 Å². The van der Waals surface area contributed by atoms with Gasteiger partial charge in [0.2, 0.25) is 0 Å². The van der Waals surface area contributed by atoms with Gasteiger partial charge in [-0.25, -0.2) is 9.78 Å². The first-order chi connectivity index (χ1) is 18.0. The van der Waals surface area contributed by atoms with E-state index in [1.807, 2.05) is 47.0 Å². The summed E-state index contributed by atoms with van der Waals surface area (Å²) < 4.78 is 9.09. The van der Waals surface area contributed by atoms with Crippen LogP contribution >= 0.6 is 11.6 Å². The Bertz CT molecular complexity index is 1680. The number of amides is 1. The lowest BCUT2D eigenvalue weighted by atomic mass is 9.85. The van der Waals surface area contributed by atoms with Gasteiger partial charge in [0.25, 0.3) is 5.91 Å². The molecule has 0 spiro atoms. The minimum atomic E-state index is -0.140. The van der Waals surface area contributed by atoms with Crippen LogP contribution in [0.5, 0.6) is 0 Å². The van der Waals surface area contributed by atoms with Crippen LogP contribution in [0.3, 0.4) is 0 Å². The predicted octanol–water partition coefficient (Wildman–Crippen LogP) is 5.28. The van der Waals surface area contributed by atoms with Crippen LogP contribution in [0.25, 0.3) is 27.8 Å². The van der Waals surface area contributed by atoms with Crippen LogP contribution in [0.2, 0.25) is 5.02 Å². The molecule has 0 atom stereocenters. The number of hydrogen-bond donors (Lipinski definition) is 1. The molecule has 37 heavy (non-hydrogen) atoms. The number of aromatic nitrogens is 4. The lowest BCUT2D eigenvalue weighted by molar-refractivity contribution is 0.0919. The maximum Gasteiger partial charge on any atom is 0.333 e. The van der Waals surface area contributed by atoms with E-state index in [-0.39, 0.29) is 17.6 Å². The highest BCUT2D eigenvalue weighted by molar-refractivity contribution is 6.30. The van der Waals surface area contributed by atoms with Crippen molar-refractivity contribution in [3.63, 3.8) is 0 Å². The standard InChI is InChI=1S/C28H26ClN5O3/c1-17-22(12-19(29)14-30-17)27(35)32-20-8-6-18(7-9-20)15-33-24-4-2-3-5-25(24)34(28(33)36)21-10-11-23-26(13-21)37-16-31-23/h2-5,10-14,16,18,20H,6-9,15H2,1H3,(H,32,35)/t18-,20-. The van der Waals surface area contributed by atoms with Crippen molar-refractivity contribution in [1.29, 1.82) is 0 Å². The van der Waals surface area contributed by atoms with E-state index in [4.69, 9.17) is 16.0 Å². The molecule has 0 bridgehead atoms. The van der Waals surface area contributed by atoms with Crippen molar-refractivity contribution in [3.05, 3.63) is 87.9 Å². The van der Waals surface area contributed by atoms with Crippen LogP contribution in [0, 0.1) is 12.8 Å². The van der Waals surface area contributed by atoms with Crippen LogP contribution in [0.1, 0.15) is 41.7 Å². The Hall–Kier alpha value is -3.91. The third-order valence-electron chi connectivity index (χ3n) is 7.33. The smallest absolute Gasteiger partial charge is 0.333 e. The van der Waals surface area contributed by atoms with E-state index in [1.165, 1.54) is 6.39 Å². The number of rotatable bonds is 5. The van der Waals surface area contributed by atoms with Gasteiger partial charge in [0.05, 0.1) is 33.0 Å². The Morgan fingerprint density at radius 1 is 1.08 bits per heavy atom. The number of aryl methyl sites for hydroxylation is 1. The second-order valence-electron chi connectivity index (χ2n) is 9.70. The summed E-state index contributed by atoms with van der Waals surface area (Å²) in [6.07, 6.45) is 6.52. The van der Waals surface area contributed by atoms with Gasteiger partial charge in [-0.05, 0) is 68.9 Å². The summed E-state index contributed by atoms with van der Waals surface area (Å²) in [5.41, 5.74) is 5.02. The van der Waals surface area contributed by atoms with Gasteiger partial charge in [-0.2, -0.15) is 0 Å². The fourth-order valence-corrected chi connectivity index (χ4v) is 5.52. The van der Waals surface area contributed by atoms with Crippen LogP contribution in [0.15, 0.2) is 70.3 Å². The third kappa shape index (κ3) is 4.42. The first-order valence-electron chi connectivity index (χ1n) is 12.4. The van der Waals surface area contributed by atoms with Crippen molar-refractivity contribution in [2.75, 3.05) is 0 Å². The minimum absolute atomic E-state index is 0.0700. The van der Waals surface area contributed by atoms with E-state index < -0.39 is 0 Å². The van der Waals surface area contributed by atoms with Crippen LogP contribution < -0.4 is 11.0 Å². The zero-order chi connectivity index (χ0) is 25.5. The molecular formula is C28H26ClN5O3. The zero-order valence-corrected chi connectivity index (χ0v) is 21.1. The molecular weight excluding hydrogens is 490 g/mol. The largest absolute Gasteiger partial charge is 0.443 e. The fraction of sp³-hybridized carbons (Fsp3) is 0.286. The molecule has 9 heteroatoms. The Morgan fingerprint density at radius 3 is 2.68 bits per heavy atom. The molecule has 0 aliphatic heterocycles. The van der Waals surface area contributed by atoms with Crippen molar-refractivity contribution in [1.82, 2.24) is 24.4 Å². The normalized spacial score (nSPS) is 17.9. The van der Waals surface area contributed by atoms with E-state index in [0.717, 1.165) is 47.9 Å². The number of pyridine rings is 1. The highest BCUT2D eigenvalue weighted by Gasteiger charge is 2.25. The van der Waals surface area contributed by atoms with Crippen LogP contribution in [-0.2, 0) is 6.54 Å². The molecule has 1 aliphatic carbocycles. The lowest BCUT2D eigenvalue weighted by Gasteiger charge is -2.29. The predicted molar refractivity (Wildman–Crippen MR) is 142 cm³/mol. The average molecular weight is 516 g/mol. The van der Waals surface area contributed by atoms with Gasteiger partial charge in [-0.1, -0.05) is 23.7 Å². The molecule has 188 valence electrons. The molecule has 1 N–H and O–H groups in total. The van der Waals surface area contributed by atoms with Gasteiger partial charge in [-0.3, -0.25) is 18.9 Å². The van der Waals surface area contributed by atoms with Crippen LogP contribution in [0.4, 0.5) is 0 Å². The molecule has 1 aliphatic rings. The Labute approximate surface area is 217 Å². The molecule has 6 rings (SSSR count). The Morgan fingerprint density at radius 2 is 1.86 bits per heavy atom. The summed E-state index contributed by atoms with van der Waals surface area (Å²) in [5.74, 6) is 0.204. The highest BCUT2D eigenvalue weighted by atomic mass is 35.5. The second kappa shape index (κ2) is 9.52. The average Bonchev–Trinajstić information content (AvgIpc) is 3.48. The first kappa shape index (κ1) is 23.5. The summed E-state index contributed by atoms with van der Waals surface area (Å²) in [7, 11) is 0. The molecule has 5 aromatic rings. The van der Waals surface area contributed by atoms with Gasteiger partial charge < -0.3 is 9.73 Å². The summed E-state index contributed by atoms with van der Waals surface area (Å²) >= 11 is 6.04. The number of nitrogens with zero attached hydrogens (tertiary/aromatic N) is 4. The topological polar surface area (TPSA) is 95.0 Å². The molecule has 3 heterocycles. The van der Waals surface area contributed by atoms with Crippen molar-refractivity contribution < 1.29 is 9.21 Å². The number of benzene rings is 2. The van der Waals surface area contributed by atoms with Crippen molar-refractivity contribution in [3.8, 4) is 5.69 Å². The van der Waals surface area contributed by atoms with Crippen LogP contribution in [-0.4, -0.2) is 31.1 Å². The first-order valence-corrected chi connectivity index (χ1v) is 12.8. The van der Waals surface area contributed by atoms with Gasteiger partial charge in [0, 0.05) is 24.8 Å². The molecule has 2 aromatic carbocycles. The third-order valence-corrected chi connectivity index (χ3v) is 7.54. The van der Waals surface area contributed by atoms with E-state index in [2.05, 4.69) is 15.3 Å². The molecule has 3 aromatic heterocycles. The molecule has 1 fully saturated rings. The van der Waals surface area contributed by atoms with Gasteiger partial charge in [0.15, 0.2) is 12.0 Å². The molecule has 0 unspecified atom stereocenters. The number of oxazole rings is 1. The van der Waals surface area contributed by atoms with Gasteiger partial charge in [0.1, 0.15) is 5.52 Å². The SMILES string of the molecule is Cc1ncc(Cl)cc1C(=O)N[C@H]1CC[C@H](Cn2c(=O)n(-c3ccc4ncoc4c3)c3ccccc32)CC1. The molecule has 1 saturated carbocycles. The molecule has 1 amide bonds. The molecule has 8 nitrogen and oxygen atoms in total. The van der Waals surface area contributed by atoms with Gasteiger partial charge in [-0.15, -0.1) is 0 Å². The number of hydrogen-bond acceptors (Lipinski definition) is 5. The number of nitrogens with one attached hydrogen (secondary N) is 1. The van der Waals surface area contributed by atoms with E-state index in [9.17, 15) is 9.59 Å². The van der Waals surface area contributed by atoms with Crippen molar-refractivity contribution in [2.45, 2.75) is 45.2 Å². The number of para-hydroxylation sites is 2. The summed E-state index contributed by atoms with van der Waals surface area (Å²) in [4.78, 5) is 34.8. The summed E-state index contributed by atoms with van der Waals surface area (Å²) in [6, 6.07) is 15.2. The maximum atomic E-state index is 13.7. The number of halogens is 1.